The Balaban J connectivity index is 1.58. The van der Waals surface area contributed by atoms with Crippen LogP contribution in [-0.2, 0) is 24.4 Å². The number of imidazole rings is 1. The molecule has 0 aliphatic carbocycles. The van der Waals surface area contributed by atoms with E-state index in [2.05, 4.69) is 5.32 Å². The second-order valence-corrected chi connectivity index (χ2v) is 9.30. The molecule has 1 heterocycles. The summed E-state index contributed by atoms with van der Waals surface area (Å²) in [5, 5.41) is 2.92. The van der Waals surface area contributed by atoms with Gasteiger partial charge in [-0.25, -0.2) is 4.98 Å². The highest BCUT2D eigenvalue weighted by Crippen LogP contribution is 2.38. The Bertz CT molecular complexity index is 1420. The van der Waals surface area contributed by atoms with Crippen LogP contribution in [0.2, 0.25) is 0 Å². The second kappa shape index (κ2) is 12.3. The van der Waals surface area contributed by atoms with E-state index >= 15 is 0 Å². The Kier molecular flexibility index (Phi) is 8.70. The average molecular weight is 531 g/mol. The number of para-hydroxylation sites is 2. The molecule has 0 fully saturated rings. The fourth-order valence-electron chi connectivity index (χ4n) is 4.48. The summed E-state index contributed by atoms with van der Waals surface area (Å²) >= 11 is 0. The third-order valence-corrected chi connectivity index (χ3v) is 6.50. The van der Waals surface area contributed by atoms with Crippen molar-refractivity contribution in [3.05, 3.63) is 83.7 Å². The Hall–Kier alpha value is -4.53. The molecule has 0 aliphatic rings. The van der Waals surface area contributed by atoms with Gasteiger partial charge in [-0.3, -0.25) is 9.59 Å². The van der Waals surface area contributed by atoms with E-state index in [4.69, 9.17) is 19.2 Å². The van der Waals surface area contributed by atoms with E-state index in [-0.39, 0.29) is 30.9 Å². The van der Waals surface area contributed by atoms with E-state index in [1.54, 1.807) is 12.1 Å². The van der Waals surface area contributed by atoms with Crippen molar-refractivity contribution in [2.24, 2.45) is 0 Å². The topological polar surface area (TPSA) is 94.9 Å². The Morgan fingerprint density at radius 1 is 0.923 bits per heavy atom. The highest BCUT2D eigenvalue weighted by Gasteiger charge is 2.22. The first-order valence-corrected chi connectivity index (χ1v) is 12.7. The smallest absolute Gasteiger partial charge is 0.251 e. The minimum Gasteiger partial charge on any atom is -0.493 e. The first-order valence-electron chi connectivity index (χ1n) is 12.7. The van der Waals surface area contributed by atoms with Crippen molar-refractivity contribution in [3.63, 3.8) is 0 Å². The maximum absolute atomic E-state index is 13.6. The van der Waals surface area contributed by atoms with Crippen LogP contribution in [0.5, 0.6) is 17.2 Å². The van der Waals surface area contributed by atoms with E-state index in [0.717, 1.165) is 16.6 Å². The van der Waals surface area contributed by atoms with Crippen LogP contribution in [0.4, 0.5) is 0 Å². The fourth-order valence-corrected chi connectivity index (χ4v) is 4.48. The molecule has 0 bridgehead atoms. The minimum absolute atomic E-state index is 0.00989. The molecule has 1 aromatic heterocycles. The summed E-state index contributed by atoms with van der Waals surface area (Å²) in [7, 11) is 4.50. The summed E-state index contributed by atoms with van der Waals surface area (Å²) in [6.07, 6.45) is 0. The van der Waals surface area contributed by atoms with E-state index in [1.807, 2.05) is 77.9 Å². The number of ether oxygens (including phenoxy) is 3. The van der Waals surface area contributed by atoms with E-state index < -0.39 is 0 Å². The molecular formula is C30H34N4O5. The maximum Gasteiger partial charge on any atom is 0.251 e. The molecule has 0 unspecified atom stereocenters. The number of benzene rings is 3. The number of amides is 2. The third-order valence-electron chi connectivity index (χ3n) is 6.50. The summed E-state index contributed by atoms with van der Waals surface area (Å²) in [6, 6.07) is 20.7. The van der Waals surface area contributed by atoms with Crippen LogP contribution in [-0.4, -0.2) is 53.6 Å². The number of nitrogens with zero attached hydrogens (tertiary/aromatic N) is 3. The molecule has 0 radical (unpaired) electrons. The highest BCUT2D eigenvalue weighted by atomic mass is 16.5. The van der Waals surface area contributed by atoms with Gasteiger partial charge in [0.15, 0.2) is 11.5 Å². The molecule has 9 heteroatoms. The van der Waals surface area contributed by atoms with Crippen LogP contribution in [0.15, 0.2) is 66.7 Å². The zero-order valence-corrected chi connectivity index (χ0v) is 22.9. The molecule has 0 saturated carbocycles. The van der Waals surface area contributed by atoms with Gasteiger partial charge in [0.05, 0.1) is 38.9 Å². The maximum atomic E-state index is 13.6. The van der Waals surface area contributed by atoms with Crippen molar-refractivity contribution in [2.75, 3.05) is 21.3 Å². The molecule has 204 valence electrons. The predicted molar refractivity (Wildman–Crippen MR) is 149 cm³/mol. The lowest BCUT2D eigenvalue weighted by atomic mass is 10.1. The molecule has 39 heavy (non-hydrogen) atoms. The van der Waals surface area contributed by atoms with Gasteiger partial charge in [0, 0.05) is 18.2 Å². The molecule has 0 aliphatic heterocycles. The summed E-state index contributed by atoms with van der Waals surface area (Å²) in [4.78, 5) is 33.3. The van der Waals surface area contributed by atoms with Crippen LogP contribution in [0.1, 0.15) is 35.6 Å². The van der Waals surface area contributed by atoms with Crippen molar-refractivity contribution in [3.8, 4) is 17.2 Å². The number of methoxy groups -OCH3 is 3. The van der Waals surface area contributed by atoms with E-state index in [0.29, 0.717) is 35.2 Å². The largest absolute Gasteiger partial charge is 0.493 e. The predicted octanol–water partition coefficient (Wildman–Crippen LogP) is 4.43. The summed E-state index contributed by atoms with van der Waals surface area (Å²) in [5.41, 5.74) is 2.98. The van der Waals surface area contributed by atoms with E-state index in [1.165, 1.54) is 21.3 Å². The zero-order chi connectivity index (χ0) is 27.9. The van der Waals surface area contributed by atoms with Crippen LogP contribution >= 0.6 is 0 Å². The van der Waals surface area contributed by atoms with Gasteiger partial charge in [-0.2, -0.15) is 0 Å². The van der Waals surface area contributed by atoms with Gasteiger partial charge in [-0.15, -0.1) is 0 Å². The Labute approximate surface area is 228 Å². The van der Waals surface area contributed by atoms with Crippen LogP contribution in [0.3, 0.4) is 0 Å². The van der Waals surface area contributed by atoms with Gasteiger partial charge in [0.1, 0.15) is 12.4 Å². The van der Waals surface area contributed by atoms with Crippen molar-refractivity contribution in [1.29, 1.82) is 0 Å². The minimum atomic E-state index is -0.341. The number of carbonyl (C=O) groups is 2. The number of hydrogen-bond donors (Lipinski definition) is 1. The van der Waals surface area contributed by atoms with Gasteiger partial charge in [0.2, 0.25) is 11.7 Å². The molecule has 1 N–H and O–H groups in total. The van der Waals surface area contributed by atoms with Gasteiger partial charge >= 0.3 is 0 Å². The summed E-state index contributed by atoms with van der Waals surface area (Å²) < 4.78 is 18.0. The van der Waals surface area contributed by atoms with Gasteiger partial charge in [-0.1, -0.05) is 42.5 Å². The highest BCUT2D eigenvalue weighted by molar-refractivity contribution is 5.95. The monoisotopic (exact) mass is 530 g/mol. The third kappa shape index (κ3) is 6.14. The van der Waals surface area contributed by atoms with Gasteiger partial charge in [-0.05, 0) is 43.7 Å². The fraction of sp³-hybridized carbons (Fsp3) is 0.300. The molecule has 9 nitrogen and oxygen atoms in total. The van der Waals surface area contributed by atoms with Crippen LogP contribution < -0.4 is 19.5 Å². The quantitative estimate of drug-likeness (QED) is 0.308. The molecule has 2 amide bonds. The molecule has 3 aromatic carbocycles. The number of carbonyl (C=O) groups excluding carboxylic acids is 2. The van der Waals surface area contributed by atoms with Crippen molar-refractivity contribution in [2.45, 2.75) is 39.5 Å². The number of rotatable bonds is 11. The van der Waals surface area contributed by atoms with Crippen LogP contribution in [0, 0.1) is 0 Å². The molecule has 0 saturated heterocycles. The Morgan fingerprint density at radius 3 is 2.18 bits per heavy atom. The molecule has 4 aromatic rings. The number of aromatic nitrogens is 2. The lowest BCUT2D eigenvalue weighted by molar-refractivity contribution is -0.134. The number of fused-ring (bicyclic) bond motifs is 1. The van der Waals surface area contributed by atoms with Crippen molar-refractivity contribution in [1.82, 2.24) is 19.8 Å². The molecular weight excluding hydrogens is 496 g/mol. The molecule has 0 spiro atoms. The average Bonchev–Trinajstić information content (AvgIpc) is 3.30. The summed E-state index contributed by atoms with van der Waals surface area (Å²) in [6.45, 7) is 4.74. The van der Waals surface area contributed by atoms with Gasteiger partial charge < -0.3 is 29.0 Å². The van der Waals surface area contributed by atoms with Crippen molar-refractivity contribution < 1.29 is 23.8 Å². The normalized spacial score (nSPS) is 10.9. The van der Waals surface area contributed by atoms with Crippen molar-refractivity contribution >= 4 is 22.8 Å². The summed E-state index contributed by atoms with van der Waals surface area (Å²) in [5.74, 6) is 1.37. The molecule has 0 atom stereocenters. The zero-order valence-electron chi connectivity index (χ0n) is 22.9. The SMILES string of the molecule is COc1cc(C(=O)NCc2nc3ccccc3n2CC(=O)N(Cc2ccccc2)C(C)C)cc(OC)c1OC. The number of hydrogen-bond acceptors (Lipinski definition) is 6. The first kappa shape index (κ1) is 27.5. The molecule has 4 rings (SSSR count). The Morgan fingerprint density at radius 2 is 1.56 bits per heavy atom. The van der Waals surface area contributed by atoms with Crippen LogP contribution in [0.25, 0.3) is 11.0 Å². The van der Waals surface area contributed by atoms with E-state index in [9.17, 15) is 9.59 Å². The second-order valence-electron chi connectivity index (χ2n) is 9.30. The lowest BCUT2D eigenvalue weighted by Crippen LogP contribution is -2.39. The standard InChI is InChI=1S/C30H34N4O5/c1-20(2)33(18-21-11-7-6-8-12-21)28(35)19-34-24-14-10-9-13-23(24)32-27(34)17-31-30(36)22-15-25(37-3)29(39-5)26(16-22)38-4/h6-16,20H,17-19H2,1-5H3,(H,31,36). The lowest BCUT2D eigenvalue weighted by Gasteiger charge is -2.27. The first-order chi connectivity index (χ1) is 18.9. The number of nitrogens with one attached hydrogen (secondary N) is 1. The van der Waals surface area contributed by atoms with Gasteiger partial charge in [0.25, 0.3) is 5.91 Å².